The van der Waals surface area contributed by atoms with Crippen LogP contribution in [0.3, 0.4) is 0 Å². The van der Waals surface area contributed by atoms with Gasteiger partial charge in [0, 0.05) is 38.4 Å². The molecular weight excluding hydrogens is 406 g/mol. The molecule has 0 spiro atoms. The Morgan fingerprint density at radius 2 is 2.03 bits per heavy atom. The predicted octanol–water partition coefficient (Wildman–Crippen LogP) is 2.56. The molecule has 1 aromatic carbocycles. The minimum atomic E-state index is -0.431. The van der Waals surface area contributed by atoms with Crippen LogP contribution in [-0.4, -0.2) is 50.7 Å². The van der Waals surface area contributed by atoms with Crippen molar-refractivity contribution in [2.24, 2.45) is 5.73 Å². The van der Waals surface area contributed by atoms with Gasteiger partial charge in [-0.1, -0.05) is 18.2 Å². The van der Waals surface area contributed by atoms with Crippen LogP contribution in [0.15, 0.2) is 30.6 Å². The number of aryl methyl sites for hydroxylation is 3. The van der Waals surface area contributed by atoms with E-state index >= 15 is 0 Å². The average Bonchev–Trinajstić information content (AvgIpc) is 3.41. The first-order valence-corrected chi connectivity index (χ1v) is 10.9. The maximum Gasteiger partial charge on any atom is 0.314 e. The van der Waals surface area contributed by atoms with E-state index in [9.17, 15) is 9.59 Å². The molecular formula is C23H29N7O2. The van der Waals surface area contributed by atoms with Crippen LogP contribution in [0.25, 0.3) is 11.0 Å². The van der Waals surface area contributed by atoms with Gasteiger partial charge in [-0.15, -0.1) is 0 Å². The number of amides is 3. The maximum absolute atomic E-state index is 13.2. The van der Waals surface area contributed by atoms with E-state index in [1.165, 1.54) is 11.1 Å². The Bertz CT molecular complexity index is 1170. The predicted molar refractivity (Wildman–Crippen MR) is 123 cm³/mol. The van der Waals surface area contributed by atoms with Crippen molar-refractivity contribution in [2.45, 2.75) is 46.3 Å². The number of nitrogens with zero attached hydrogens (tertiary/aromatic N) is 4. The molecule has 9 nitrogen and oxygen atoms in total. The standard InChI is InChI=1S/C23H29N7O2/c1-4-30-21-18(12-27-30)20(28-17-7-8-29(13-17)23(24)32)19(11-25-21)22(31)26-10-16-6-5-14(2)15(3)9-16/h5-6,9,11-12,17H,4,7-8,10,13H2,1-3H3,(H2,24,32)(H,25,28)(H,26,31)/t17-/m0/s1. The molecule has 2 aromatic heterocycles. The number of anilines is 1. The van der Waals surface area contributed by atoms with Gasteiger partial charge in [-0.3, -0.25) is 4.79 Å². The smallest absolute Gasteiger partial charge is 0.314 e. The van der Waals surface area contributed by atoms with Crippen molar-refractivity contribution in [3.63, 3.8) is 0 Å². The molecule has 168 valence electrons. The van der Waals surface area contributed by atoms with Crippen LogP contribution in [0.2, 0.25) is 0 Å². The number of hydrogen-bond donors (Lipinski definition) is 3. The number of likely N-dealkylation sites (tertiary alicyclic amines) is 1. The van der Waals surface area contributed by atoms with E-state index in [1.54, 1.807) is 22.0 Å². The molecule has 4 rings (SSSR count). The summed E-state index contributed by atoms with van der Waals surface area (Å²) in [5, 5.41) is 11.7. The average molecular weight is 436 g/mol. The summed E-state index contributed by atoms with van der Waals surface area (Å²) < 4.78 is 1.79. The molecule has 1 aliphatic rings. The van der Waals surface area contributed by atoms with Gasteiger partial charge in [0.1, 0.15) is 0 Å². The van der Waals surface area contributed by atoms with Crippen molar-refractivity contribution in [1.29, 1.82) is 0 Å². The highest BCUT2D eigenvalue weighted by Gasteiger charge is 2.27. The van der Waals surface area contributed by atoms with E-state index in [0.717, 1.165) is 17.4 Å². The van der Waals surface area contributed by atoms with Crippen LogP contribution in [-0.2, 0) is 13.1 Å². The Morgan fingerprint density at radius 1 is 1.22 bits per heavy atom. The number of nitrogens with one attached hydrogen (secondary N) is 2. The Hall–Kier alpha value is -3.62. The van der Waals surface area contributed by atoms with Crippen LogP contribution in [0.5, 0.6) is 0 Å². The highest BCUT2D eigenvalue weighted by molar-refractivity contribution is 6.06. The summed E-state index contributed by atoms with van der Waals surface area (Å²) in [4.78, 5) is 30.8. The van der Waals surface area contributed by atoms with E-state index in [0.29, 0.717) is 43.1 Å². The summed E-state index contributed by atoms with van der Waals surface area (Å²) in [7, 11) is 0. The van der Waals surface area contributed by atoms with Crippen molar-refractivity contribution in [1.82, 2.24) is 25.0 Å². The molecule has 0 unspecified atom stereocenters. The Morgan fingerprint density at radius 3 is 2.72 bits per heavy atom. The lowest BCUT2D eigenvalue weighted by Crippen LogP contribution is -2.35. The van der Waals surface area contributed by atoms with Crippen molar-refractivity contribution in [2.75, 3.05) is 18.4 Å². The third kappa shape index (κ3) is 4.23. The Balaban J connectivity index is 1.61. The summed E-state index contributed by atoms with van der Waals surface area (Å²) in [6.07, 6.45) is 4.07. The van der Waals surface area contributed by atoms with E-state index < -0.39 is 6.03 Å². The Kier molecular flexibility index (Phi) is 5.98. The van der Waals surface area contributed by atoms with Crippen molar-refractivity contribution < 1.29 is 9.59 Å². The van der Waals surface area contributed by atoms with Gasteiger partial charge in [-0.05, 0) is 43.9 Å². The normalized spacial score (nSPS) is 15.8. The maximum atomic E-state index is 13.2. The molecule has 0 aliphatic carbocycles. The van der Waals surface area contributed by atoms with E-state index in [2.05, 4.69) is 46.7 Å². The number of hydrogen-bond acceptors (Lipinski definition) is 5. The zero-order valence-corrected chi connectivity index (χ0v) is 18.7. The van der Waals surface area contributed by atoms with Gasteiger partial charge in [0.2, 0.25) is 0 Å². The van der Waals surface area contributed by atoms with Crippen molar-refractivity contribution >= 4 is 28.7 Å². The number of primary amides is 1. The molecule has 0 saturated carbocycles. The lowest BCUT2D eigenvalue weighted by molar-refractivity contribution is 0.0951. The summed E-state index contributed by atoms with van der Waals surface area (Å²) >= 11 is 0. The van der Waals surface area contributed by atoms with Gasteiger partial charge in [0.05, 0.1) is 22.8 Å². The lowest BCUT2D eigenvalue weighted by atomic mass is 10.1. The number of carbonyl (C=O) groups excluding carboxylic acids is 2. The second-order valence-electron chi connectivity index (χ2n) is 8.26. The molecule has 0 bridgehead atoms. The molecule has 1 aliphatic heterocycles. The third-order valence-corrected chi connectivity index (χ3v) is 6.08. The summed E-state index contributed by atoms with van der Waals surface area (Å²) in [5.41, 5.74) is 10.7. The van der Waals surface area contributed by atoms with Crippen LogP contribution in [0.1, 0.15) is 40.4 Å². The zero-order chi connectivity index (χ0) is 22.8. The first kappa shape index (κ1) is 21.6. The molecule has 1 fully saturated rings. The SMILES string of the molecule is CCn1ncc2c(N[C@H]3CCN(C(N)=O)C3)c(C(=O)NCc3ccc(C)c(C)c3)cnc21. The molecule has 1 saturated heterocycles. The van der Waals surface area contributed by atoms with Gasteiger partial charge < -0.3 is 21.3 Å². The van der Waals surface area contributed by atoms with Crippen molar-refractivity contribution in [3.8, 4) is 0 Å². The van der Waals surface area contributed by atoms with Gasteiger partial charge in [0.25, 0.3) is 5.91 Å². The zero-order valence-electron chi connectivity index (χ0n) is 18.7. The van der Waals surface area contributed by atoms with Crippen LogP contribution in [0, 0.1) is 13.8 Å². The number of fused-ring (bicyclic) bond motifs is 1. The molecule has 3 heterocycles. The van der Waals surface area contributed by atoms with E-state index in [1.807, 2.05) is 13.0 Å². The molecule has 3 aromatic rings. The second-order valence-corrected chi connectivity index (χ2v) is 8.26. The Labute approximate surface area is 187 Å². The first-order chi connectivity index (χ1) is 15.4. The van der Waals surface area contributed by atoms with Gasteiger partial charge in [0.15, 0.2) is 5.65 Å². The molecule has 3 amide bonds. The number of nitrogens with two attached hydrogens (primary N) is 1. The first-order valence-electron chi connectivity index (χ1n) is 10.9. The minimum absolute atomic E-state index is 0.00984. The third-order valence-electron chi connectivity index (χ3n) is 6.08. The van der Waals surface area contributed by atoms with E-state index in [4.69, 9.17) is 5.73 Å². The largest absolute Gasteiger partial charge is 0.379 e. The molecule has 9 heteroatoms. The van der Waals surface area contributed by atoms with E-state index in [-0.39, 0.29) is 11.9 Å². The minimum Gasteiger partial charge on any atom is -0.379 e. The summed E-state index contributed by atoms with van der Waals surface area (Å²) in [6.45, 7) is 8.29. The van der Waals surface area contributed by atoms with Crippen LogP contribution < -0.4 is 16.4 Å². The van der Waals surface area contributed by atoms with Gasteiger partial charge in [-0.25, -0.2) is 14.5 Å². The quantitative estimate of drug-likeness (QED) is 0.550. The highest BCUT2D eigenvalue weighted by Crippen LogP contribution is 2.28. The van der Waals surface area contributed by atoms with Gasteiger partial charge in [-0.2, -0.15) is 5.10 Å². The topological polar surface area (TPSA) is 118 Å². The number of carbonyl (C=O) groups is 2. The second kappa shape index (κ2) is 8.86. The number of pyridine rings is 1. The molecule has 4 N–H and O–H groups in total. The lowest BCUT2D eigenvalue weighted by Gasteiger charge is -2.19. The fourth-order valence-corrected chi connectivity index (χ4v) is 4.06. The molecule has 1 atom stereocenters. The number of rotatable bonds is 6. The summed E-state index contributed by atoms with van der Waals surface area (Å²) in [5.74, 6) is -0.214. The highest BCUT2D eigenvalue weighted by atomic mass is 16.2. The van der Waals surface area contributed by atoms with Crippen LogP contribution in [0.4, 0.5) is 10.5 Å². The number of aromatic nitrogens is 3. The summed E-state index contributed by atoms with van der Waals surface area (Å²) in [6, 6.07) is 5.72. The fourth-order valence-electron chi connectivity index (χ4n) is 4.06. The molecule has 0 radical (unpaired) electrons. The fraction of sp³-hybridized carbons (Fsp3) is 0.391. The van der Waals surface area contributed by atoms with Crippen molar-refractivity contribution in [3.05, 3.63) is 52.8 Å². The number of benzene rings is 1. The van der Waals surface area contributed by atoms with Crippen LogP contribution >= 0.6 is 0 Å². The van der Waals surface area contributed by atoms with Gasteiger partial charge >= 0.3 is 6.03 Å². The monoisotopic (exact) mass is 435 g/mol. The molecule has 32 heavy (non-hydrogen) atoms. The number of urea groups is 1.